The molecule has 2 aromatic rings. The Morgan fingerprint density at radius 3 is 2.68 bits per heavy atom. The van der Waals surface area contributed by atoms with Crippen LogP contribution in [0.15, 0.2) is 48.5 Å². The van der Waals surface area contributed by atoms with Crippen molar-refractivity contribution in [3.8, 4) is 6.07 Å². The molecule has 0 aliphatic rings. The highest BCUT2D eigenvalue weighted by Gasteiger charge is 2.11. The summed E-state index contributed by atoms with van der Waals surface area (Å²) < 4.78 is 12.8. The Hall–Kier alpha value is -2.71. The first-order valence-corrected chi connectivity index (χ1v) is 6.92. The summed E-state index contributed by atoms with van der Waals surface area (Å²) in [6.45, 7) is 0.917. The molecule has 0 heterocycles. The van der Waals surface area contributed by atoms with Gasteiger partial charge in [0, 0.05) is 11.3 Å². The van der Waals surface area contributed by atoms with Gasteiger partial charge in [-0.05, 0) is 30.3 Å². The van der Waals surface area contributed by atoms with E-state index >= 15 is 0 Å². The maximum absolute atomic E-state index is 12.8. The van der Waals surface area contributed by atoms with Crippen LogP contribution in [0, 0.1) is 17.1 Å². The molecule has 5 heteroatoms. The maximum Gasteiger partial charge on any atom is 0.279 e. The normalized spacial score (nSPS) is 11.5. The Morgan fingerprint density at radius 2 is 2.00 bits per heavy atom. The lowest BCUT2D eigenvalue weighted by Crippen LogP contribution is -3.08. The van der Waals surface area contributed by atoms with E-state index in [4.69, 9.17) is 5.26 Å². The SMILES string of the molecule is C[NH+](CC(=O)Nc1cccc(C#N)c1)Cc1ccc(F)cc1. The Kier molecular flexibility index (Phi) is 5.23. The van der Waals surface area contributed by atoms with Gasteiger partial charge >= 0.3 is 0 Å². The van der Waals surface area contributed by atoms with Crippen LogP contribution in [0.5, 0.6) is 0 Å². The number of nitrogens with zero attached hydrogens (tertiary/aromatic N) is 1. The number of nitriles is 1. The number of quaternary nitrogens is 1. The number of likely N-dealkylation sites (N-methyl/N-ethyl adjacent to an activating group) is 1. The molecule has 4 nitrogen and oxygen atoms in total. The first-order valence-electron chi connectivity index (χ1n) is 6.92. The molecular formula is C17H17FN3O+. The standard InChI is InChI=1S/C17H16FN3O/c1-21(11-13-5-7-15(18)8-6-13)12-17(22)20-16-4-2-3-14(9-16)10-19/h2-9H,11-12H2,1H3,(H,20,22)/p+1. The Balaban J connectivity index is 1.88. The van der Waals surface area contributed by atoms with Crippen LogP contribution in [-0.2, 0) is 11.3 Å². The molecule has 1 unspecified atom stereocenters. The summed E-state index contributed by atoms with van der Waals surface area (Å²) in [6.07, 6.45) is 0. The van der Waals surface area contributed by atoms with Gasteiger partial charge in [-0.1, -0.05) is 18.2 Å². The highest BCUT2D eigenvalue weighted by atomic mass is 19.1. The van der Waals surface area contributed by atoms with Gasteiger partial charge in [-0.3, -0.25) is 4.79 Å². The molecular weight excluding hydrogens is 281 g/mol. The van der Waals surface area contributed by atoms with E-state index in [1.165, 1.54) is 12.1 Å². The maximum atomic E-state index is 12.8. The molecule has 2 aromatic carbocycles. The van der Waals surface area contributed by atoms with Gasteiger partial charge in [0.25, 0.3) is 5.91 Å². The van der Waals surface area contributed by atoms with E-state index in [1.54, 1.807) is 36.4 Å². The van der Waals surface area contributed by atoms with Gasteiger partial charge in [0.15, 0.2) is 6.54 Å². The van der Waals surface area contributed by atoms with Gasteiger partial charge in [-0.15, -0.1) is 0 Å². The first kappa shape index (κ1) is 15.7. The quantitative estimate of drug-likeness (QED) is 0.875. The van der Waals surface area contributed by atoms with E-state index in [0.29, 0.717) is 17.8 Å². The summed E-state index contributed by atoms with van der Waals surface area (Å²) in [5.74, 6) is -0.397. The highest BCUT2D eigenvalue weighted by molar-refractivity contribution is 5.91. The summed E-state index contributed by atoms with van der Waals surface area (Å²) in [5.41, 5.74) is 2.08. The minimum absolute atomic E-state index is 0.130. The van der Waals surface area contributed by atoms with Crippen LogP contribution in [0.4, 0.5) is 10.1 Å². The van der Waals surface area contributed by atoms with E-state index in [0.717, 1.165) is 10.5 Å². The summed E-state index contributed by atoms with van der Waals surface area (Å²) in [5, 5.41) is 11.6. The molecule has 2 rings (SSSR count). The van der Waals surface area contributed by atoms with Gasteiger partial charge in [0.05, 0.1) is 18.7 Å². The average molecular weight is 298 g/mol. The highest BCUT2D eigenvalue weighted by Crippen LogP contribution is 2.09. The number of carbonyl (C=O) groups is 1. The van der Waals surface area contributed by atoms with E-state index in [-0.39, 0.29) is 18.3 Å². The van der Waals surface area contributed by atoms with Crippen LogP contribution in [0.2, 0.25) is 0 Å². The second kappa shape index (κ2) is 7.34. The van der Waals surface area contributed by atoms with Crippen molar-refractivity contribution in [1.82, 2.24) is 0 Å². The number of amides is 1. The molecule has 0 fully saturated rings. The van der Waals surface area contributed by atoms with E-state index < -0.39 is 0 Å². The zero-order valence-electron chi connectivity index (χ0n) is 12.3. The molecule has 0 saturated heterocycles. The monoisotopic (exact) mass is 298 g/mol. The fourth-order valence-electron chi connectivity index (χ4n) is 2.16. The van der Waals surface area contributed by atoms with Crippen molar-refractivity contribution >= 4 is 11.6 Å². The number of benzene rings is 2. The number of hydrogen-bond donors (Lipinski definition) is 2. The van der Waals surface area contributed by atoms with Crippen molar-refractivity contribution in [2.45, 2.75) is 6.54 Å². The van der Waals surface area contributed by atoms with Crippen LogP contribution in [0.25, 0.3) is 0 Å². The smallest absolute Gasteiger partial charge is 0.279 e. The minimum Gasteiger partial charge on any atom is -0.326 e. The average Bonchev–Trinajstić information content (AvgIpc) is 2.49. The molecule has 0 bridgehead atoms. The lowest BCUT2D eigenvalue weighted by Gasteiger charge is -2.14. The van der Waals surface area contributed by atoms with Crippen molar-refractivity contribution in [3.63, 3.8) is 0 Å². The van der Waals surface area contributed by atoms with Gasteiger partial charge < -0.3 is 10.2 Å². The molecule has 1 atom stereocenters. The lowest BCUT2D eigenvalue weighted by atomic mass is 10.2. The topological polar surface area (TPSA) is 57.3 Å². The third kappa shape index (κ3) is 4.69. The number of carbonyl (C=O) groups excluding carboxylic acids is 1. The van der Waals surface area contributed by atoms with Crippen LogP contribution in [0.3, 0.4) is 0 Å². The molecule has 0 radical (unpaired) electrons. The lowest BCUT2D eigenvalue weighted by molar-refractivity contribution is -0.885. The predicted molar refractivity (Wildman–Crippen MR) is 81.6 cm³/mol. The Bertz CT molecular complexity index is 692. The minimum atomic E-state index is -0.267. The zero-order valence-corrected chi connectivity index (χ0v) is 12.3. The number of halogens is 1. The molecule has 0 aromatic heterocycles. The molecule has 22 heavy (non-hydrogen) atoms. The first-order chi connectivity index (χ1) is 10.6. The van der Waals surface area contributed by atoms with Crippen LogP contribution >= 0.6 is 0 Å². The van der Waals surface area contributed by atoms with Gasteiger partial charge in [-0.2, -0.15) is 5.26 Å². The zero-order chi connectivity index (χ0) is 15.9. The largest absolute Gasteiger partial charge is 0.326 e. The van der Waals surface area contributed by atoms with Crippen molar-refractivity contribution < 1.29 is 14.1 Å². The molecule has 112 valence electrons. The number of rotatable bonds is 5. The Labute approximate surface area is 128 Å². The number of anilines is 1. The van der Waals surface area contributed by atoms with Crippen LogP contribution in [-0.4, -0.2) is 19.5 Å². The van der Waals surface area contributed by atoms with Crippen LogP contribution in [0.1, 0.15) is 11.1 Å². The van der Waals surface area contributed by atoms with Crippen molar-refractivity contribution in [3.05, 3.63) is 65.5 Å². The van der Waals surface area contributed by atoms with Crippen molar-refractivity contribution in [2.24, 2.45) is 0 Å². The van der Waals surface area contributed by atoms with Gasteiger partial charge in [0.2, 0.25) is 0 Å². The molecule has 1 amide bonds. The second-order valence-corrected chi connectivity index (χ2v) is 5.18. The van der Waals surface area contributed by atoms with E-state index in [1.807, 2.05) is 13.1 Å². The fraction of sp³-hybridized carbons (Fsp3) is 0.176. The molecule has 2 N–H and O–H groups in total. The summed E-state index contributed by atoms with van der Waals surface area (Å²) in [7, 11) is 1.90. The molecule has 0 aliphatic carbocycles. The van der Waals surface area contributed by atoms with Crippen LogP contribution < -0.4 is 10.2 Å². The van der Waals surface area contributed by atoms with E-state index in [9.17, 15) is 9.18 Å². The van der Waals surface area contributed by atoms with Gasteiger partial charge in [-0.25, -0.2) is 4.39 Å². The van der Waals surface area contributed by atoms with Gasteiger partial charge in [0.1, 0.15) is 12.4 Å². The Morgan fingerprint density at radius 1 is 1.27 bits per heavy atom. The number of hydrogen-bond acceptors (Lipinski definition) is 2. The van der Waals surface area contributed by atoms with Crippen molar-refractivity contribution in [2.75, 3.05) is 18.9 Å². The fourth-order valence-corrected chi connectivity index (χ4v) is 2.16. The third-order valence-electron chi connectivity index (χ3n) is 3.16. The molecule has 0 saturated carbocycles. The summed E-state index contributed by atoms with van der Waals surface area (Å²) in [6, 6.07) is 15.1. The molecule has 0 aliphatic heterocycles. The third-order valence-corrected chi connectivity index (χ3v) is 3.16. The molecule has 0 spiro atoms. The summed E-state index contributed by atoms with van der Waals surface area (Å²) >= 11 is 0. The second-order valence-electron chi connectivity index (χ2n) is 5.18. The van der Waals surface area contributed by atoms with Crippen molar-refractivity contribution in [1.29, 1.82) is 5.26 Å². The predicted octanol–water partition coefficient (Wildman–Crippen LogP) is 1.35. The van der Waals surface area contributed by atoms with E-state index in [2.05, 4.69) is 5.32 Å². The number of nitrogens with one attached hydrogen (secondary N) is 2. The summed E-state index contributed by atoms with van der Waals surface area (Å²) in [4.78, 5) is 13.0.